The molecule has 16 nitrogen and oxygen atoms in total. The predicted octanol–water partition coefficient (Wildman–Crippen LogP) is 5.14. The van der Waals surface area contributed by atoms with Crippen LogP contribution in [0.15, 0.2) is 12.1 Å². The first kappa shape index (κ1) is 55.7. The summed E-state index contributed by atoms with van der Waals surface area (Å²) in [7, 11) is 9.36. The van der Waals surface area contributed by atoms with Gasteiger partial charge in [-0.2, -0.15) is 0 Å². The van der Waals surface area contributed by atoms with E-state index in [-0.39, 0.29) is 103 Å². The molecule has 0 spiro atoms. The molecule has 0 amide bonds. The SMILES string of the molecule is COc1cc2c(c(OC)c1OC)-c1c(cc(OC)c(OC)c1OC)C(=O)O[C@H]1[C@@H](OC)O[C@H](COC(=O)[C]3[CH][CH][CH][CH]3)[C@H](OC(=O)[C]3[CH][CH][CH][CH]3)[C@@H]1OC2=O.[CH]1[CH][CH][CH][CH]1.[CH]1[CH][CH][CH][CH]1.[Fe+2].[Fe+2]. The molecule has 352 valence electrons. The molecule has 0 N–H and O–H groups in total. The number of rotatable bonds is 12. The molecule has 67 heavy (non-hydrogen) atoms. The molecule has 6 aliphatic rings. The summed E-state index contributed by atoms with van der Waals surface area (Å²) in [5.41, 5.74) is -0.430. The molecule has 2 heterocycles. The summed E-state index contributed by atoms with van der Waals surface area (Å²) in [6, 6.07) is 2.67. The molecule has 0 bridgehead atoms. The van der Waals surface area contributed by atoms with Crippen molar-refractivity contribution in [2.75, 3.05) is 56.4 Å². The largest absolute Gasteiger partial charge is 2.00 e. The van der Waals surface area contributed by atoms with Gasteiger partial charge in [-0.05, 0) is 128 Å². The van der Waals surface area contributed by atoms with Crippen molar-refractivity contribution in [1.82, 2.24) is 0 Å². The third kappa shape index (κ3) is 13.0. The van der Waals surface area contributed by atoms with E-state index >= 15 is 0 Å². The van der Waals surface area contributed by atoms with Crippen molar-refractivity contribution < 1.29 is 110 Å². The average molecular weight is 1000 g/mol. The van der Waals surface area contributed by atoms with Crippen molar-refractivity contribution in [3.63, 3.8) is 0 Å². The smallest absolute Gasteiger partial charge is 0.493 e. The van der Waals surface area contributed by atoms with Crippen molar-refractivity contribution >= 4 is 23.9 Å². The van der Waals surface area contributed by atoms with E-state index in [0.717, 1.165) is 0 Å². The summed E-state index contributed by atoms with van der Waals surface area (Å²) in [5.74, 6) is -2.97. The van der Waals surface area contributed by atoms with Gasteiger partial charge in [0.1, 0.15) is 12.7 Å². The summed E-state index contributed by atoms with van der Waals surface area (Å²) in [5, 5.41) is 0. The summed E-state index contributed by atoms with van der Waals surface area (Å²) < 4.78 is 69.7. The first-order valence-corrected chi connectivity index (χ1v) is 20.1. The molecule has 8 rings (SSSR count). The zero-order chi connectivity index (χ0) is 46.5. The fourth-order valence-corrected chi connectivity index (χ4v) is 7.20. The van der Waals surface area contributed by atoms with Gasteiger partial charge in [0, 0.05) is 18.2 Å². The Morgan fingerprint density at radius 3 is 1.27 bits per heavy atom. The fraction of sp³-hybridized carbons (Fsp3) is 0.265. The van der Waals surface area contributed by atoms with Gasteiger partial charge in [0.25, 0.3) is 0 Å². The molecule has 1 saturated heterocycles. The van der Waals surface area contributed by atoms with Crippen LogP contribution in [0.1, 0.15) is 20.7 Å². The van der Waals surface area contributed by atoms with Crippen LogP contribution in [0.4, 0.5) is 0 Å². The molecule has 0 unspecified atom stereocenters. The Kier molecular flexibility index (Phi) is 22.7. The van der Waals surface area contributed by atoms with Gasteiger partial charge in [0.05, 0.1) is 65.6 Å². The van der Waals surface area contributed by atoms with E-state index in [1.165, 1.54) is 74.7 Å². The fourth-order valence-electron chi connectivity index (χ4n) is 7.20. The van der Waals surface area contributed by atoms with E-state index in [9.17, 15) is 19.2 Å². The Balaban J connectivity index is 0.000000723. The third-order valence-corrected chi connectivity index (χ3v) is 10.2. The quantitative estimate of drug-likeness (QED) is 0.155. The molecular weight excluding hydrogens is 956 g/mol. The van der Waals surface area contributed by atoms with E-state index in [2.05, 4.69) is 0 Å². The number of hydrogen-bond donors (Lipinski definition) is 0. The van der Waals surface area contributed by atoms with Crippen LogP contribution in [0.25, 0.3) is 11.1 Å². The first-order valence-electron chi connectivity index (χ1n) is 20.1. The minimum Gasteiger partial charge on any atom is -0.493 e. The topological polar surface area (TPSA) is 179 Å². The average Bonchev–Trinajstić information content (AvgIpc) is 4.20. The Labute approximate surface area is 415 Å². The van der Waals surface area contributed by atoms with Crippen LogP contribution in [-0.2, 0) is 72.1 Å². The minimum absolute atomic E-state index is 0. The second-order valence-corrected chi connectivity index (χ2v) is 13.9. The molecule has 18 heteroatoms. The molecule has 0 aromatic heterocycles. The molecule has 4 saturated carbocycles. The van der Waals surface area contributed by atoms with Crippen LogP contribution < -0.4 is 28.4 Å². The summed E-state index contributed by atoms with van der Waals surface area (Å²) >= 11 is 0. The molecule has 5 fully saturated rings. The van der Waals surface area contributed by atoms with Gasteiger partial charge in [0.2, 0.25) is 11.5 Å². The van der Waals surface area contributed by atoms with Gasteiger partial charge in [-0.25, -0.2) is 9.59 Å². The summed E-state index contributed by atoms with van der Waals surface area (Å²) in [4.78, 5) is 55.8. The van der Waals surface area contributed by atoms with Crippen LogP contribution >= 0.6 is 0 Å². The van der Waals surface area contributed by atoms with Crippen molar-refractivity contribution in [3.8, 4) is 45.6 Å². The molecule has 4 aliphatic carbocycles. The van der Waals surface area contributed by atoms with Crippen LogP contribution in [0.3, 0.4) is 0 Å². The maximum atomic E-state index is 14.7. The number of benzene rings is 2. The number of carbonyl (C=O) groups is 4. The molecule has 2 aromatic rings. The van der Waals surface area contributed by atoms with Crippen molar-refractivity contribution in [1.29, 1.82) is 0 Å². The predicted molar refractivity (Wildman–Crippen MR) is 230 cm³/mol. The van der Waals surface area contributed by atoms with Gasteiger partial charge in [-0.1, -0.05) is 0 Å². The number of hydrogen-bond acceptors (Lipinski definition) is 16. The number of fused-ring (bicyclic) bond motifs is 4. The number of esters is 4. The standard InChI is InChI=1S/C39H38O16.2C5H5.2Fe/c1-44-23-16-21-26(31(48-5)28(23)46-3)27-22(17-24(45-2)29(47-4)32(27)49-6)38(43)55-34-33(54-37(21)42)30(53-36(41)20-14-10-11-15-20)25(52-39(34)50-7)18-51-35(40)19-12-8-9-13-19;2*1-2-4-5-3-1;;/h8-17,25,30,33-34,39H,18H2,1-7H3;2*1-5H;;/q;;;2*+2/t25-,30+,33+,34-,39+;;;;/m1..../s1. The number of methoxy groups -OCH3 is 7. The number of ether oxygens (including phenoxy) is 12. The normalized spacial score (nSPS) is 23.2. The monoisotopic (exact) mass is 1000 g/mol. The molecule has 2 aliphatic heterocycles. The summed E-state index contributed by atoms with van der Waals surface area (Å²) in [6.45, 7) is -0.496. The molecular formula is C49H48Fe2O16+4. The Hall–Kier alpha value is -3.92. The van der Waals surface area contributed by atoms with E-state index in [4.69, 9.17) is 56.8 Å². The van der Waals surface area contributed by atoms with E-state index < -0.39 is 61.2 Å². The van der Waals surface area contributed by atoms with Gasteiger partial charge in [0.15, 0.2) is 47.6 Å². The van der Waals surface area contributed by atoms with Gasteiger partial charge < -0.3 is 56.8 Å². The zero-order valence-electron chi connectivity index (χ0n) is 37.4. The van der Waals surface area contributed by atoms with E-state index in [1.807, 2.05) is 64.2 Å². The summed E-state index contributed by atoms with van der Waals surface area (Å²) in [6.07, 6.45) is 25.2. The minimum atomic E-state index is -1.63. The van der Waals surface area contributed by atoms with Crippen LogP contribution in [0, 0.1) is 127 Å². The Morgan fingerprint density at radius 2 is 0.896 bits per heavy atom. The second kappa shape index (κ2) is 27.3. The van der Waals surface area contributed by atoms with Gasteiger partial charge in [-0.15, -0.1) is 0 Å². The second-order valence-electron chi connectivity index (χ2n) is 13.9. The van der Waals surface area contributed by atoms with E-state index in [1.54, 1.807) is 38.5 Å². The van der Waals surface area contributed by atoms with Crippen molar-refractivity contribution in [2.24, 2.45) is 0 Å². The maximum Gasteiger partial charge on any atom is 2.00 e. The third-order valence-electron chi connectivity index (χ3n) is 10.2. The van der Waals surface area contributed by atoms with Gasteiger partial charge >= 0.3 is 58.0 Å². The van der Waals surface area contributed by atoms with Crippen molar-refractivity contribution in [2.45, 2.75) is 30.7 Å². The molecule has 2 aromatic carbocycles. The number of carbonyl (C=O) groups excluding carboxylic acids is 4. The zero-order valence-corrected chi connectivity index (χ0v) is 39.6. The maximum absolute atomic E-state index is 14.7. The van der Waals surface area contributed by atoms with Crippen molar-refractivity contribution in [3.05, 3.63) is 151 Å². The molecule has 5 atom stereocenters. The van der Waals surface area contributed by atoms with Crippen LogP contribution in [-0.4, -0.2) is 111 Å². The first-order chi connectivity index (χ1) is 31.6. The van der Waals surface area contributed by atoms with Crippen LogP contribution in [0.2, 0.25) is 0 Å². The molecule has 20 radical (unpaired) electrons. The van der Waals surface area contributed by atoms with Gasteiger partial charge in [-0.3, -0.25) is 9.59 Å². The van der Waals surface area contributed by atoms with E-state index in [0.29, 0.717) is 0 Å². The Bertz CT molecular complexity index is 1910. The van der Waals surface area contributed by atoms with Crippen LogP contribution in [0.5, 0.6) is 34.5 Å². The Morgan fingerprint density at radius 1 is 0.507 bits per heavy atom.